The average Bonchev–Trinajstić information content (AvgIpc) is 3.22. The van der Waals surface area contributed by atoms with Crippen LogP contribution in [-0.4, -0.2) is 51.9 Å². The molecule has 1 saturated heterocycles. The molecule has 1 aromatic heterocycles. The molecule has 0 aliphatic carbocycles. The Morgan fingerprint density at radius 1 is 1.03 bits per heavy atom. The van der Waals surface area contributed by atoms with Gasteiger partial charge < -0.3 is 10.4 Å². The first-order valence-electron chi connectivity index (χ1n) is 11.0. The van der Waals surface area contributed by atoms with Crippen molar-refractivity contribution >= 4 is 5.91 Å². The van der Waals surface area contributed by atoms with E-state index < -0.39 is 0 Å². The number of carbonyl (C=O) groups is 1. The van der Waals surface area contributed by atoms with Crippen LogP contribution in [0.25, 0.3) is 11.3 Å². The summed E-state index contributed by atoms with van der Waals surface area (Å²) in [5, 5.41) is 17.2. The molecular formula is C25H30N4O2. The summed E-state index contributed by atoms with van der Waals surface area (Å²) in [5.74, 6) is 0.403. The van der Waals surface area contributed by atoms with Crippen molar-refractivity contribution in [2.24, 2.45) is 5.92 Å². The minimum atomic E-state index is 0.0252. The third-order valence-corrected chi connectivity index (χ3v) is 5.88. The van der Waals surface area contributed by atoms with Crippen molar-refractivity contribution in [2.45, 2.75) is 25.9 Å². The lowest BCUT2D eigenvalue weighted by Gasteiger charge is -2.30. The van der Waals surface area contributed by atoms with Crippen LogP contribution in [0.3, 0.4) is 0 Å². The number of benzene rings is 2. The largest absolute Gasteiger partial charge is 0.396 e. The van der Waals surface area contributed by atoms with Gasteiger partial charge in [0.1, 0.15) is 0 Å². The van der Waals surface area contributed by atoms with Crippen molar-refractivity contribution in [3.05, 3.63) is 78.0 Å². The predicted molar refractivity (Wildman–Crippen MR) is 121 cm³/mol. The molecule has 1 aliphatic rings. The first-order valence-corrected chi connectivity index (χ1v) is 11.0. The number of hydrogen-bond acceptors (Lipinski definition) is 4. The highest BCUT2D eigenvalue weighted by atomic mass is 16.3. The molecule has 0 radical (unpaired) electrons. The highest BCUT2D eigenvalue weighted by molar-refractivity contribution is 5.78. The van der Waals surface area contributed by atoms with Gasteiger partial charge in [-0.1, -0.05) is 60.7 Å². The summed E-state index contributed by atoms with van der Waals surface area (Å²) >= 11 is 0. The second kappa shape index (κ2) is 10.4. The Bertz CT molecular complexity index is 964. The number of nitrogens with one attached hydrogen (secondary N) is 1. The fraction of sp³-hybridized carbons (Fsp3) is 0.360. The number of aliphatic hydroxyl groups is 1. The summed E-state index contributed by atoms with van der Waals surface area (Å²) in [5.41, 5.74) is 4.14. The molecule has 1 aliphatic heterocycles. The topological polar surface area (TPSA) is 70.4 Å². The van der Waals surface area contributed by atoms with Gasteiger partial charge in [0.15, 0.2) is 0 Å². The van der Waals surface area contributed by atoms with Crippen LogP contribution in [0.4, 0.5) is 0 Å². The van der Waals surface area contributed by atoms with Gasteiger partial charge in [-0.05, 0) is 37.4 Å². The summed E-state index contributed by atoms with van der Waals surface area (Å²) in [6.45, 7) is 3.51. The van der Waals surface area contributed by atoms with Crippen molar-refractivity contribution in [2.75, 3.05) is 26.2 Å². The van der Waals surface area contributed by atoms with E-state index in [0.29, 0.717) is 25.6 Å². The van der Waals surface area contributed by atoms with Crippen molar-refractivity contribution in [1.82, 2.24) is 20.0 Å². The lowest BCUT2D eigenvalue weighted by molar-refractivity contribution is -0.122. The SMILES string of the molecule is O=C(CN1CCC(CO)CC1)NCc1cn(Cc2ccccc2)nc1-c1ccccc1. The van der Waals surface area contributed by atoms with Crippen molar-refractivity contribution in [3.63, 3.8) is 0 Å². The van der Waals surface area contributed by atoms with E-state index in [2.05, 4.69) is 22.3 Å². The summed E-state index contributed by atoms with van der Waals surface area (Å²) < 4.78 is 1.94. The zero-order chi connectivity index (χ0) is 21.5. The maximum atomic E-state index is 12.6. The van der Waals surface area contributed by atoms with Crippen LogP contribution in [0.1, 0.15) is 24.0 Å². The van der Waals surface area contributed by atoms with E-state index in [1.165, 1.54) is 5.56 Å². The number of carbonyl (C=O) groups excluding carboxylic acids is 1. The van der Waals surface area contributed by atoms with Crippen LogP contribution >= 0.6 is 0 Å². The van der Waals surface area contributed by atoms with Crippen molar-refractivity contribution in [3.8, 4) is 11.3 Å². The van der Waals surface area contributed by atoms with E-state index in [9.17, 15) is 9.90 Å². The van der Waals surface area contributed by atoms with Crippen LogP contribution < -0.4 is 5.32 Å². The second-order valence-corrected chi connectivity index (χ2v) is 8.23. The number of likely N-dealkylation sites (tertiary alicyclic amines) is 1. The van der Waals surface area contributed by atoms with Gasteiger partial charge in [0.05, 0.1) is 18.8 Å². The monoisotopic (exact) mass is 418 g/mol. The molecule has 2 aromatic carbocycles. The quantitative estimate of drug-likeness (QED) is 0.590. The van der Waals surface area contributed by atoms with Gasteiger partial charge in [0.2, 0.25) is 5.91 Å². The highest BCUT2D eigenvalue weighted by Crippen LogP contribution is 2.22. The summed E-state index contributed by atoms with van der Waals surface area (Å²) in [6, 6.07) is 20.3. The van der Waals surface area contributed by atoms with E-state index in [1.54, 1.807) is 0 Å². The maximum Gasteiger partial charge on any atom is 0.234 e. The Labute approximate surface area is 183 Å². The minimum absolute atomic E-state index is 0.0252. The Balaban J connectivity index is 1.42. The van der Waals surface area contributed by atoms with E-state index in [0.717, 1.165) is 42.8 Å². The number of aromatic nitrogens is 2. The second-order valence-electron chi connectivity index (χ2n) is 8.23. The number of amides is 1. The molecule has 2 heterocycles. The molecule has 0 spiro atoms. The molecule has 3 aromatic rings. The molecular weight excluding hydrogens is 388 g/mol. The lowest BCUT2D eigenvalue weighted by Crippen LogP contribution is -2.41. The van der Waals surface area contributed by atoms with Gasteiger partial charge in [-0.2, -0.15) is 5.10 Å². The number of piperidine rings is 1. The fourth-order valence-electron chi connectivity index (χ4n) is 4.06. The van der Waals surface area contributed by atoms with Gasteiger partial charge >= 0.3 is 0 Å². The normalized spacial score (nSPS) is 15.1. The molecule has 1 amide bonds. The smallest absolute Gasteiger partial charge is 0.234 e. The third kappa shape index (κ3) is 5.81. The standard InChI is InChI=1S/C25H30N4O2/c30-19-21-11-13-28(14-12-21)18-24(31)26-15-23-17-29(16-20-7-3-1-4-8-20)27-25(23)22-9-5-2-6-10-22/h1-10,17,21,30H,11-16,18-19H2,(H,26,31). The number of nitrogens with zero attached hydrogens (tertiary/aromatic N) is 3. The maximum absolute atomic E-state index is 12.6. The van der Waals surface area contributed by atoms with Crippen LogP contribution in [0.15, 0.2) is 66.9 Å². The fourth-order valence-corrected chi connectivity index (χ4v) is 4.06. The number of hydrogen-bond donors (Lipinski definition) is 2. The van der Waals surface area contributed by atoms with Crippen molar-refractivity contribution in [1.29, 1.82) is 0 Å². The predicted octanol–water partition coefficient (Wildman–Crippen LogP) is 2.92. The molecule has 0 saturated carbocycles. The van der Waals surface area contributed by atoms with Gasteiger partial charge in [-0.3, -0.25) is 14.4 Å². The minimum Gasteiger partial charge on any atom is -0.396 e. The van der Waals surface area contributed by atoms with Gasteiger partial charge in [-0.25, -0.2) is 0 Å². The van der Waals surface area contributed by atoms with Crippen molar-refractivity contribution < 1.29 is 9.90 Å². The Kier molecular flexibility index (Phi) is 7.12. The van der Waals surface area contributed by atoms with Crippen LogP contribution in [0.5, 0.6) is 0 Å². The zero-order valence-electron chi connectivity index (χ0n) is 17.8. The molecule has 6 heteroatoms. The molecule has 0 atom stereocenters. The Morgan fingerprint density at radius 2 is 1.71 bits per heavy atom. The Hall–Kier alpha value is -2.96. The molecule has 4 rings (SSSR count). The first kappa shape index (κ1) is 21.3. The van der Waals surface area contributed by atoms with E-state index in [4.69, 9.17) is 5.10 Å². The van der Waals surface area contributed by atoms with Gasteiger partial charge in [0, 0.05) is 30.5 Å². The third-order valence-electron chi connectivity index (χ3n) is 5.88. The molecule has 162 valence electrons. The summed E-state index contributed by atoms with van der Waals surface area (Å²) in [7, 11) is 0. The van der Waals surface area contributed by atoms with E-state index in [1.807, 2.05) is 59.4 Å². The van der Waals surface area contributed by atoms with E-state index >= 15 is 0 Å². The summed E-state index contributed by atoms with van der Waals surface area (Å²) in [6.07, 6.45) is 3.94. The highest BCUT2D eigenvalue weighted by Gasteiger charge is 2.20. The molecule has 0 bridgehead atoms. The first-order chi connectivity index (χ1) is 15.2. The zero-order valence-corrected chi connectivity index (χ0v) is 17.8. The number of aliphatic hydroxyl groups excluding tert-OH is 1. The average molecular weight is 419 g/mol. The molecule has 31 heavy (non-hydrogen) atoms. The lowest BCUT2D eigenvalue weighted by atomic mass is 9.98. The van der Waals surface area contributed by atoms with Crippen LogP contribution in [-0.2, 0) is 17.9 Å². The molecule has 2 N–H and O–H groups in total. The Morgan fingerprint density at radius 3 is 2.39 bits per heavy atom. The van der Waals surface area contributed by atoms with Gasteiger partial charge in [0.25, 0.3) is 0 Å². The van der Waals surface area contributed by atoms with Crippen LogP contribution in [0.2, 0.25) is 0 Å². The summed E-state index contributed by atoms with van der Waals surface area (Å²) in [4.78, 5) is 14.7. The molecule has 6 nitrogen and oxygen atoms in total. The molecule has 1 fully saturated rings. The molecule has 0 unspecified atom stereocenters. The van der Waals surface area contributed by atoms with Crippen LogP contribution in [0, 0.1) is 5.92 Å². The van der Waals surface area contributed by atoms with Gasteiger partial charge in [-0.15, -0.1) is 0 Å². The number of rotatable bonds is 8. The van der Waals surface area contributed by atoms with E-state index in [-0.39, 0.29) is 12.5 Å².